The van der Waals surface area contributed by atoms with E-state index >= 15 is 0 Å². The molecule has 0 spiro atoms. The number of ether oxygens (including phenoxy) is 1. The van der Waals surface area contributed by atoms with Crippen LogP contribution in [0.5, 0.6) is 0 Å². The predicted octanol–water partition coefficient (Wildman–Crippen LogP) is 2.83. The fourth-order valence-corrected chi connectivity index (χ4v) is 2.82. The van der Waals surface area contributed by atoms with Crippen LogP contribution in [0.3, 0.4) is 0 Å². The molecule has 3 unspecified atom stereocenters. The molecule has 2 nitrogen and oxygen atoms in total. The van der Waals surface area contributed by atoms with Gasteiger partial charge in [0.2, 0.25) is 0 Å². The van der Waals surface area contributed by atoms with Crippen molar-refractivity contribution in [3.8, 4) is 0 Å². The molecule has 1 aliphatic carbocycles. The Labute approximate surface area is 100 Å². The van der Waals surface area contributed by atoms with Crippen LogP contribution in [0.1, 0.15) is 47.0 Å². The van der Waals surface area contributed by atoms with E-state index in [-0.39, 0.29) is 0 Å². The van der Waals surface area contributed by atoms with Crippen LogP contribution in [0.15, 0.2) is 0 Å². The summed E-state index contributed by atoms with van der Waals surface area (Å²) in [4.78, 5) is 0. The Morgan fingerprint density at radius 3 is 2.56 bits per heavy atom. The van der Waals surface area contributed by atoms with Gasteiger partial charge in [-0.1, -0.05) is 20.8 Å². The summed E-state index contributed by atoms with van der Waals surface area (Å²) < 4.78 is 5.82. The highest BCUT2D eigenvalue weighted by Gasteiger charge is 2.42. The van der Waals surface area contributed by atoms with Crippen molar-refractivity contribution < 1.29 is 4.74 Å². The van der Waals surface area contributed by atoms with Gasteiger partial charge in [0.15, 0.2) is 0 Å². The number of hydrogen-bond donors (Lipinski definition) is 1. The Balaban J connectivity index is 1.76. The Kier molecular flexibility index (Phi) is 3.60. The van der Waals surface area contributed by atoms with E-state index in [1.54, 1.807) is 0 Å². The fourth-order valence-electron chi connectivity index (χ4n) is 2.82. The highest BCUT2D eigenvalue weighted by atomic mass is 16.5. The molecule has 1 aliphatic heterocycles. The quantitative estimate of drug-likeness (QED) is 0.777. The van der Waals surface area contributed by atoms with E-state index in [4.69, 9.17) is 4.74 Å². The van der Waals surface area contributed by atoms with Crippen molar-refractivity contribution >= 4 is 0 Å². The minimum absolute atomic E-state index is 0.478. The lowest BCUT2D eigenvalue weighted by Gasteiger charge is -2.26. The zero-order chi connectivity index (χ0) is 11.8. The van der Waals surface area contributed by atoms with Crippen LogP contribution in [0, 0.1) is 17.3 Å². The smallest absolute Gasteiger partial charge is 0.0639 e. The van der Waals surface area contributed by atoms with Gasteiger partial charge in [-0.05, 0) is 43.4 Å². The molecule has 1 heterocycles. The lowest BCUT2D eigenvalue weighted by molar-refractivity contribution is 0.0530. The van der Waals surface area contributed by atoms with Crippen molar-refractivity contribution in [2.45, 2.75) is 59.1 Å². The SMILES string of the molecule is CC(C)C1OCCC1CNC(C)C1(C)CC1. The van der Waals surface area contributed by atoms with Gasteiger partial charge in [-0.3, -0.25) is 0 Å². The van der Waals surface area contributed by atoms with Crippen molar-refractivity contribution in [3.05, 3.63) is 0 Å². The van der Waals surface area contributed by atoms with Crippen LogP contribution in [0.25, 0.3) is 0 Å². The molecule has 16 heavy (non-hydrogen) atoms. The summed E-state index contributed by atoms with van der Waals surface area (Å²) in [5.41, 5.74) is 0.590. The lowest BCUT2D eigenvalue weighted by atomic mass is 9.92. The summed E-state index contributed by atoms with van der Waals surface area (Å²) in [7, 11) is 0. The van der Waals surface area contributed by atoms with Crippen LogP contribution < -0.4 is 5.32 Å². The van der Waals surface area contributed by atoms with Crippen LogP contribution in [0.2, 0.25) is 0 Å². The first-order chi connectivity index (χ1) is 7.53. The zero-order valence-electron chi connectivity index (χ0n) is 11.3. The predicted molar refractivity (Wildman–Crippen MR) is 67.5 cm³/mol. The summed E-state index contributed by atoms with van der Waals surface area (Å²) in [6.07, 6.45) is 4.51. The van der Waals surface area contributed by atoms with Crippen LogP contribution in [-0.4, -0.2) is 25.3 Å². The minimum atomic E-state index is 0.478. The van der Waals surface area contributed by atoms with Gasteiger partial charge in [-0.25, -0.2) is 0 Å². The van der Waals surface area contributed by atoms with Crippen molar-refractivity contribution in [3.63, 3.8) is 0 Å². The second kappa shape index (κ2) is 4.66. The first kappa shape index (κ1) is 12.4. The maximum absolute atomic E-state index is 5.82. The van der Waals surface area contributed by atoms with Crippen LogP contribution >= 0.6 is 0 Å². The second-order valence-electron chi connectivity index (χ2n) is 6.41. The summed E-state index contributed by atoms with van der Waals surface area (Å²) in [6.45, 7) is 11.4. The molecule has 0 bridgehead atoms. The molecule has 0 aromatic rings. The molecule has 2 rings (SSSR count). The number of hydrogen-bond acceptors (Lipinski definition) is 2. The Morgan fingerprint density at radius 1 is 1.31 bits per heavy atom. The van der Waals surface area contributed by atoms with Crippen molar-refractivity contribution in [2.75, 3.05) is 13.2 Å². The Hall–Kier alpha value is -0.0800. The maximum atomic E-state index is 5.82. The molecule has 1 saturated heterocycles. The normalized spacial score (nSPS) is 34.3. The van der Waals surface area contributed by atoms with E-state index in [1.165, 1.54) is 19.3 Å². The zero-order valence-corrected chi connectivity index (χ0v) is 11.3. The summed E-state index contributed by atoms with van der Waals surface area (Å²) in [6, 6.07) is 0.668. The molecule has 0 amide bonds. The Bertz CT molecular complexity index is 235. The highest BCUT2D eigenvalue weighted by molar-refractivity contribution is 4.97. The molecule has 94 valence electrons. The average Bonchev–Trinajstić information content (AvgIpc) is 2.82. The first-order valence-electron chi connectivity index (χ1n) is 6.88. The van der Waals surface area contributed by atoms with Crippen molar-refractivity contribution in [2.24, 2.45) is 17.3 Å². The molecule has 1 saturated carbocycles. The monoisotopic (exact) mass is 225 g/mol. The van der Waals surface area contributed by atoms with Crippen LogP contribution in [0.4, 0.5) is 0 Å². The van der Waals surface area contributed by atoms with Gasteiger partial charge in [0.1, 0.15) is 0 Å². The third-order valence-electron chi connectivity index (χ3n) is 4.69. The Morgan fingerprint density at radius 2 is 2.00 bits per heavy atom. The topological polar surface area (TPSA) is 21.3 Å². The second-order valence-corrected chi connectivity index (χ2v) is 6.41. The van der Waals surface area contributed by atoms with E-state index in [0.717, 1.165) is 19.1 Å². The van der Waals surface area contributed by atoms with Gasteiger partial charge in [0.25, 0.3) is 0 Å². The maximum Gasteiger partial charge on any atom is 0.0639 e. The number of rotatable bonds is 5. The molecule has 0 aromatic carbocycles. The molecular weight excluding hydrogens is 198 g/mol. The molecular formula is C14H27NO. The molecule has 2 aliphatic rings. The van der Waals surface area contributed by atoms with Crippen LogP contribution in [-0.2, 0) is 4.74 Å². The molecule has 2 fully saturated rings. The molecule has 2 heteroatoms. The highest BCUT2D eigenvalue weighted by Crippen LogP contribution is 2.48. The molecule has 3 atom stereocenters. The van der Waals surface area contributed by atoms with E-state index in [1.807, 2.05) is 0 Å². The van der Waals surface area contributed by atoms with Gasteiger partial charge in [-0.15, -0.1) is 0 Å². The van der Waals surface area contributed by atoms with Gasteiger partial charge in [0, 0.05) is 19.2 Å². The first-order valence-corrected chi connectivity index (χ1v) is 6.88. The lowest BCUT2D eigenvalue weighted by Crippen LogP contribution is -2.39. The van der Waals surface area contributed by atoms with E-state index < -0.39 is 0 Å². The van der Waals surface area contributed by atoms with Gasteiger partial charge in [0.05, 0.1) is 6.10 Å². The third-order valence-corrected chi connectivity index (χ3v) is 4.69. The van der Waals surface area contributed by atoms with Crippen molar-refractivity contribution in [1.29, 1.82) is 0 Å². The van der Waals surface area contributed by atoms with Gasteiger partial charge < -0.3 is 10.1 Å². The largest absolute Gasteiger partial charge is 0.378 e. The molecule has 0 aromatic heterocycles. The van der Waals surface area contributed by atoms with Gasteiger partial charge >= 0.3 is 0 Å². The minimum Gasteiger partial charge on any atom is -0.378 e. The molecule has 1 N–H and O–H groups in total. The summed E-state index contributed by atoms with van der Waals surface area (Å²) in [5.74, 6) is 1.38. The fraction of sp³-hybridized carbons (Fsp3) is 1.00. The standard InChI is InChI=1S/C14H27NO/c1-10(2)13-12(5-8-16-13)9-15-11(3)14(4)6-7-14/h10-13,15H,5-9H2,1-4H3. The molecule has 0 radical (unpaired) electrons. The number of nitrogens with one attached hydrogen (secondary N) is 1. The van der Waals surface area contributed by atoms with E-state index in [9.17, 15) is 0 Å². The summed E-state index contributed by atoms with van der Waals surface area (Å²) in [5, 5.41) is 3.73. The van der Waals surface area contributed by atoms with E-state index in [2.05, 4.69) is 33.0 Å². The van der Waals surface area contributed by atoms with E-state index in [0.29, 0.717) is 23.5 Å². The average molecular weight is 225 g/mol. The van der Waals surface area contributed by atoms with Crippen molar-refractivity contribution in [1.82, 2.24) is 5.32 Å². The van der Waals surface area contributed by atoms with Gasteiger partial charge in [-0.2, -0.15) is 0 Å². The summed E-state index contributed by atoms with van der Waals surface area (Å²) >= 11 is 0. The third kappa shape index (κ3) is 2.60.